The lowest BCUT2D eigenvalue weighted by Gasteiger charge is -2.09. The zero-order chi connectivity index (χ0) is 16.1. The van der Waals surface area contributed by atoms with Crippen molar-refractivity contribution in [2.24, 2.45) is 10.7 Å². The third-order valence-electron chi connectivity index (χ3n) is 3.84. The van der Waals surface area contributed by atoms with Crippen molar-refractivity contribution in [3.8, 4) is 5.75 Å². The molecule has 2 aromatic carbocycles. The van der Waals surface area contributed by atoms with Crippen molar-refractivity contribution in [2.45, 2.75) is 19.3 Å². The van der Waals surface area contributed by atoms with Gasteiger partial charge in [0.2, 0.25) is 0 Å². The first-order valence-corrected chi connectivity index (χ1v) is 8.16. The van der Waals surface area contributed by atoms with E-state index in [1.165, 1.54) is 24.0 Å². The summed E-state index contributed by atoms with van der Waals surface area (Å²) in [5.74, 6) is 1.06. The molecule has 0 aliphatic heterocycles. The van der Waals surface area contributed by atoms with Crippen molar-refractivity contribution >= 4 is 47.2 Å². The van der Waals surface area contributed by atoms with E-state index in [9.17, 15) is 0 Å². The molecule has 0 heterocycles. The van der Waals surface area contributed by atoms with E-state index in [2.05, 4.69) is 22.4 Å². The third-order valence-corrected chi connectivity index (χ3v) is 4.15. The van der Waals surface area contributed by atoms with Crippen molar-refractivity contribution in [3.63, 3.8) is 0 Å². The summed E-state index contributed by atoms with van der Waals surface area (Å²) in [6.45, 7) is 0.894. The minimum atomic E-state index is 0. The average molecular weight is 458 g/mol. The molecule has 0 amide bonds. The largest absolute Gasteiger partial charge is 0.490 e. The minimum absolute atomic E-state index is 0. The van der Waals surface area contributed by atoms with E-state index in [1.807, 2.05) is 24.3 Å². The second-order valence-electron chi connectivity index (χ2n) is 5.51. The average Bonchev–Trinajstić information content (AvgIpc) is 3.01. The van der Waals surface area contributed by atoms with Gasteiger partial charge in [-0.3, -0.25) is 0 Å². The number of hydrogen-bond acceptors (Lipinski definition) is 2. The summed E-state index contributed by atoms with van der Waals surface area (Å²) >= 11 is 6.02. The van der Waals surface area contributed by atoms with Gasteiger partial charge in [0, 0.05) is 5.69 Å². The standard InChI is InChI=1S/C18H20ClN3O.HI/c19-16-6-1-2-7-17(16)23-11-10-21-18(20)22-15-9-8-13-4-3-5-14(13)12-15;/h1-2,6-9,12H,3-5,10-11H2,(H3,20,21,22);1H. The Morgan fingerprint density at radius 3 is 2.79 bits per heavy atom. The lowest BCUT2D eigenvalue weighted by molar-refractivity contribution is 0.329. The molecule has 0 atom stereocenters. The Morgan fingerprint density at radius 1 is 1.17 bits per heavy atom. The molecular formula is C18H21ClIN3O. The van der Waals surface area contributed by atoms with E-state index in [-0.39, 0.29) is 24.0 Å². The molecule has 0 aromatic heterocycles. The van der Waals surface area contributed by atoms with Crippen molar-refractivity contribution < 1.29 is 4.74 Å². The predicted octanol–water partition coefficient (Wildman–Crippen LogP) is 4.25. The Hall–Kier alpha value is -1.47. The van der Waals surface area contributed by atoms with E-state index in [0.717, 1.165) is 12.1 Å². The van der Waals surface area contributed by atoms with Crippen LogP contribution >= 0.6 is 35.6 Å². The van der Waals surface area contributed by atoms with Crippen LogP contribution in [0.4, 0.5) is 5.69 Å². The molecule has 0 radical (unpaired) electrons. The molecule has 1 aliphatic rings. The molecule has 128 valence electrons. The van der Waals surface area contributed by atoms with Crippen molar-refractivity contribution in [1.82, 2.24) is 0 Å². The summed E-state index contributed by atoms with van der Waals surface area (Å²) in [7, 11) is 0. The van der Waals surface area contributed by atoms with Gasteiger partial charge in [0.1, 0.15) is 12.4 Å². The van der Waals surface area contributed by atoms with Crippen molar-refractivity contribution in [3.05, 3.63) is 58.6 Å². The highest BCUT2D eigenvalue weighted by Gasteiger charge is 2.10. The number of aryl methyl sites for hydroxylation is 2. The van der Waals surface area contributed by atoms with Gasteiger partial charge in [0.15, 0.2) is 5.96 Å². The van der Waals surface area contributed by atoms with Gasteiger partial charge >= 0.3 is 0 Å². The number of rotatable bonds is 5. The highest BCUT2D eigenvalue weighted by molar-refractivity contribution is 14.0. The van der Waals surface area contributed by atoms with Gasteiger partial charge in [-0.15, -0.1) is 24.0 Å². The van der Waals surface area contributed by atoms with Crippen LogP contribution in [0.3, 0.4) is 0 Å². The van der Waals surface area contributed by atoms with E-state index >= 15 is 0 Å². The number of para-hydroxylation sites is 1. The van der Waals surface area contributed by atoms with E-state index < -0.39 is 0 Å². The number of nitrogens with two attached hydrogens (primary N) is 1. The molecule has 0 saturated carbocycles. The normalized spacial score (nSPS) is 13.1. The number of guanidine groups is 1. The first-order valence-electron chi connectivity index (χ1n) is 7.78. The van der Waals surface area contributed by atoms with Gasteiger partial charge in [-0.25, -0.2) is 4.99 Å². The van der Waals surface area contributed by atoms with E-state index in [4.69, 9.17) is 22.1 Å². The smallest absolute Gasteiger partial charge is 0.193 e. The van der Waals surface area contributed by atoms with Crippen LogP contribution in [-0.2, 0) is 12.8 Å². The predicted molar refractivity (Wildman–Crippen MR) is 111 cm³/mol. The fraction of sp³-hybridized carbons (Fsp3) is 0.278. The molecule has 0 unspecified atom stereocenters. The lowest BCUT2D eigenvalue weighted by Crippen LogP contribution is -2.23. The maximum Gasteiger partial charge on any atom is 0.193 e. The number of benzene rings is 2. The third kappa shape index (κ3) is 5.01. The van der Waals surface area contributed by atoms with Crippen molar-refractivity contribution in [2.75, 3.05) is 18.5 Å². The number of fused-ring (bicyclic) bond motifs is 1. The van der Waals surface area contributed by atoms with Crippen LogP contribution in [0.5, 0.6) is 5.75 Å². The van der Waals surface area contributed by atoms with Crippen LogP contribution in [0, 0.1) is 0 Å². The summed E-state index contributed by atoms with van der Waals surface area (Å²) in [6.07, 6.45) is 3.56. The molecule has 24 heavy (non-hydrogen) atoms. The van der Waals surface area contributed by atoms with E-state index in [1.54, 1.807) is 6.07 Å². The Bertz CT molecular complexity index is 721. The van der Waals surface area contributed by atoms with E-state index in [0.29, 0.717) is 29.9 Å². The number of nitrogens with zero attached hydrogens (tertiary/aromatic N) is 1. The first kappa shape index (κ1) is 18.9. The van der Waals surface area contributed by atoms with Gasteiger partial charge in [0.25, 0.3) is 0 Å². The maximum atomic E-state index is 6.02. The summed E-state index contributed by atoms with van der Waals surface area (Å²) < 4.78 is 5.58. The molecule has 2 aromatic rings. The van der Waals surface area contributed by atoms with Crippen LogP contribution in [-0.4, -0.2) is 19.1 Å². The second-order valence-corrected chi connectivity index (χ2v) is 5.92. The number of nitrogens with one attached hydrogen (secondary N) is 1. The van der Waals surface area contributed by atoms with Gasteiger partial charge in [0.05, 0.1) is 11.6 Å². The highest BCUT2D eigenvalue weighted by Crippen LogP contribution is 2.25. The molecule has 4 nitrogen and oxygen atoms in total. The molecule has 0 bridgehead atoms. The Balaban J connectivity index is 0.00000208. The Labute approximate surface area is 164 Å². The number of hydrogen-bond donors (Lipinski definition) is 2. The number of aliphatic imine (C=N–C) groups is 1. The Kier molecular flexibility index (Phi) is 7.17. The second kappa shape index (κ2) is 9.13. The molecule has 3 rings (SSSR count). The van der Waals surface area contributed by atoms with Crippen LogP contribution in [0.2, 0.25) is 5.02 Å². The van der Waals surface area contributed by atoms with Gasteiger partial charge in [-0.1, -0.05) is 29.8 Å². The molecule has 0 saturated heterocycles. The highest BCUT2D eigenvalue weighted by atomic mass is 127. The Morgan fingerprint density at radius 2 is 1.96 bits per heavy atom. The minimum Gasteiger partial charge on any atom is -0.490 e. The van der Waals surface area contributed by atoms with Gasteiger partial charge < -0.3 is 15.8 Å². The number of ether oxygens (including phenoxy) is 1. The maximum absolute atomic E-state index is 6.02. The molecule has 3 N–H and O–H groups in total. The lowest BCUT2D eigenvalue weighted by atomic mass is 10.1. The monoisotopic (exact) mass is 457 g/mol. The molecule has 1 aliphatic carbocycles. The fourth-order valence-electron chi connectivity index (χ4n) is 2.72. The molecule has 0 spiro atoms. The van der Waals surface area contributed by atoms with Crippen LogP contribution in [0.1, 0.15) is 17.5 Å². The SMILES string of the molecule is I.NC(=NCCOc1ccccc1Cl)Nc1ccc2c(c1)CCC2. The van der Waals surface area contributed by atoms with Crippen LogP contribution in [0.25, 0.3) is 0 Å². The summed E-state index contributed by atoms with van der Waals surface area (Å²) in [6, 6.07) is 13.7. The summed E-state index contributed by atoms with van der Waals surface area (Å²) in [5.41, 5.74) is 9.75. The van der Waals surface area contributed by atoms with Gasteiger partial charge in [-0.05, 0) is 54.7 Å². The van der Waals surface area contributed by atoms with Crippen LogP contribution < -0.4 is 15.8 Å². The zero-order valence-electron chi connectivity index (χ0n) is 13.3. The number of halogens is 2. The molecule has 6 heteroatoms. The zero-order valence-corrected chi connectivity index (χ0v) is 16.4. The summed E-state index contributed by atoms with van der Waals surface area (Å²) in [5, 5.41) is 3.73. The summed E-state index contributed by atoms with van der Waals surface area (Å²) in [4.78, 5) is 4.27. The molecule has 0 fully saturated rings. The fourth-order valence-corrected chi connectivity index (χ4v) is 2.91. The molecular weight excluding hydrogens is 437 g/mol. The first-order chi connectivity index (χ1) is 11.2. The van der Waals surface area contributed by atoms with Crippen molar-refractivity contribution in [1.29, 1.82) is 0 Å². The van der Waals surface area contributed by atoms with Crippen LogP contribution in [0.15, 0.2) is 47.5 Å². The number of anilines is 1. The quantitative estimate of drug-likeness (QED) is 0.305. The van der Waals surface area contributed by atoms with Gasteiger partial charge in [-0.2, -0.15) is 0 Å². The topological polar surface area (TPSA) is 59.6 Å².